The van der Waals surface area contributed by atoms with Crippen LogP contribution < -0.4 is 14.8 Å². The molecule has 0 atom stereocenters. The summed E-state index contributed by atoms with van der Waals surface area (Å²) in [7, 11) is 1.53. The third-order valence-corrected chi connectivity index (χ3v) is 6.60. The minimum absolute atomic E-state index is 0.135. The highest BCUT2D eigenvalue weighted by Gasteiger charge is 2.16. The maximum atomic E-state index is 12.7. The van der Waals surface area contributed by atoms with Gasteiger partial charge in [-0.15, -0.1) is 0 Å². The fraction of sp³-hybridized carbons (Fsp3) is 0.0714. The maximum Gasteiger partial charge on any atom is 0.266 e. The molecule has 180 valence electrons. The Labute approximate surface area is 227 Å². The second-order valence-electron chi connectivity index (χ2n) is 7.68. The van der Waals surface area contributed by atoms with Gasteiger partial charge in [0.15, 0.2) is 11.5 Å². The van der Waals surface area contributed by atoms with Crippen molar-refractivity contribution in [1.82, 2.24) is 0 Å². The number of benzene rings is 4. The number of halogens is 3. The monoisotopic (exact) mass is 580 g/mol. The van der Waals surface area contributed by atoms with Gasteiger partial charge in [-0.05, 0) is 68.2 Å². The Bertz CT molecular complexity index is 1500. The van der Waals surface area contributed by atoms with Crippen LogP contribution in [0.25, 0.3) is 16.8 Å². The molecule has 0 radical (unpaired) electrons. The van der Waals surface area contributed by atoms with Crippen molar-refractivity contribution >= 4 is 67.6 Å². The molecule has 0 bridgehead atoms. The van der Waals surface area contributed by atoms with E-state index in [1.165, 1.54) is 13.2 Å². The van der Waals surface area contributed by atoms with E-state index in [0.717, 1.165) is 16.3 Å². The molecule has 0 saturated carbocycles. The number of hydrogen-bond acceptors (Lipinski definition) is 4. The predicted octanol–water partition coefficient (Wildman–Crippen LogP) is 8.04. The zero-order chi connectivity index (χ0) is 25.7. The molecule has 0 aliphatic carbocycles. The molecule has 1 N–H and O–H groups in total. The van der Waals surface area contributed by atoms with Crippen molar-refractivity contribution in [3.8, 4) is 17.6 Å². The van der Waals surface area contributed by atoms with Crippen molar-refractivity contribution in [1.29, 1.82) is 5.26 Å². The van der Waals surface area contributed by atoms with Crippen LogP contribution in [0.5, 0.6) is 11.5 Å². The van der Waals surface area contributed by atoms with E-state index in [4.69, 9.17) is 32.7 Å². The van der Waals surface area contributed by atoms with Crippen LogP contribution in [0.15, 0.2) is 82.8 Å². The number of carbonyl (C=O) groups is 1. The van der Waals surface area contributed by atoms with Crippen molar-refractivity contribution in [2.75, 3.05) is 12.4 Å². The number of nitrogens with zero attached hydrogens (tertiary/aromatic N) is 1. The molecule has 8 heteroatoms. The van der Waals surface area contributed by atoms with Gasteiger partial charge in [0.25, 0.3) is 5.91 Å². The highest BCUT2D eigenvalue weighted by molar-refractivity contribution is 9.10. The number of para-hydroxylation sites is 1. The average Bonchev–Trinajstić information content (AvgIpc) is 2.88. The number of amides is 1. The van der Waals surface area contributed by atoms with Gasteiger partial charge in [0, 0.05) is 0 Å². The van der Waals surface area contributed by atoms with Gasteiger partial charge in [-0.2, -0.15) is 5.26 Å². The van der Waals surface area contributed by atoms with Crippen molar-refractivity contribution in [2.24, 2.45) is 0 Å². The van der Waals surface area contributed by atoms with Crippen molar-refractivity contribution < 1.29 is 14.3 Å². The highest BCUT2D eigenvalue weighted by Crippen LogP contribution is 2.38. The first-order chi connectivity index (χ1) is 17.4. The van der Waals surface area contributed by atoms with Crippen LogP contribution in [0.4, 0.5) is 5.69 Å². The molecule has 36 heavy (non-hydrogen) atoms. The Morgan fingerprint density at radius 3 is 2.47 bits per heavy atom. The number of fused-ring (bicyclic) bond motifs is 1. The quantitative estimate of drug-likeness (QED) is 0.177. The molecular formula is C28H19BrCl2N2O3. The first-order valence-electron chi connectivity index (χ1n) is 10.8. The average molecular weight is 582 g/mol. The van der Waals surface area contributed by atoms with Gasteiger partial charge in [0.05, 0.1) is 27.3 Å². The molecule has 1 amide bonds. The summed E-state index contributed by atoms with van der Waals surface area (Å²) >= 11 is 15.8. The SMILES string of the molecule is COc1cc(/C=C(\C#N)C(=O)Nc2c(Cl)cccc2Cl)cc(Br)c1OCc1cccc2ccccc12. The van der Waals surface area contributed by atoms with Gasteiger partial charge in [-0.25, -0.2) is 0 Å². The molecule has 0 spiro atoms. The Hall–Kier alpha value is -3.50. The Kier molecular flexibility index (Phi) is 8.17. The van der Waals surface area contributed by atoms with Crippen LogP contribution >= 0.6 is 39.1 Å². The molecule has 4 aromatic rings. The first kappa shape index (κ1) is 25.6. The summed E-state index contributed by atoms with van der Waals surface area (Å²) in [6, 6.07) is 24.4. The lowest BCUT2D eigenvalue weighted by atomic mass is 10.1. The van der Waals surface area contributed by atoms with E-state index in [0.29, 0.717) is 28.1 Å². The van der Waals surface area contributed by atoms with Crippen LogP contribution in [-0.2, 0) is 11.4 Å². The van der Waals surface area contributed by atoms with Crippen LogP contribution in [0, 0.1) is 11.3 Å². The summed E-state index contributed by atoms with van der Waals surface area (Å²) in [4.78, 5) is 12.7. The third-order valence-electron chi connectivity index (χ3n) is 5.38. The summed E-state index contributed by atoms with van der Waals surface area (Å²) in [5.41, 5.74) is 1.70. The normalized spacial score (nSPS) is 11.1. The molecule has 0 heterocycles. The topological polar surface area (TPSA) is 71.3 Å². The van der Waals surface area contributed by atoms with Crippen LogP contribution in [0.2, 0.25) is 10.0 Å². The first-order valence-corrected chi connectivity index (χ1v) is 12.3. The second-order valence-corrected chi connectivity index (χ2v) is 9.35. The number of rotatable bonds is 7. The molecule has 5 nitrogen and oxygen atoms in total. The van der Waals surface area contributed by atoms with Gasteiger partial charge in [-0.1, -0.05) is 71.7 Å². The second kappa shape index (κ2) is 11.5. The lowest BCUT2D eigenvalue weighted by Gasteiger charge is -2.15. The molecule has 4 rings (SSSR count). The molecule has 0 aliphatic rings. The number of methoxy groups -OCH3 is 1. The highest BCUT2D eigenvalue weighted by atomic mass is 79.9. The van der Waals surface area contributed by atoms with Crippen molar-refractivity contribution in [3.63, 3.8) is 0 Å². The summed E-state index contributed by atoms with van der Waals surface area (Å²) in [6.07, 6.45) is 1.45. The number of carbonyl (C=O) groups excluding carboxylic acids is 1. The Morgan fingerprint density at radius 2 is 1.75 bits per heavy atom. The zero-order valence-corrected chi connectivity index (χ0v) is 22.1. The number of hydrogen-bond donors (Lipinski definition) is 1. The fourth-order valence-corrected chi connectivity index (χ4v) is 4.71. The molecule has 0 saturated heterocycles. The predicted molar refractivity (Wildman–Crippen MR) is 148 cm³/mol. The van der Waals surface area contributed by atoms with E-state index in [9.17, 15) is 10.1 Å². The Balaban J connectivity index is 1.59. The van der Waals surface area contributed by atoms with Crippen LogP contribution in [0.1, 0.15) is 11.1 Å². The summed E-state index contributed by atoms with van der Waals surface area (Å²) in [5, 5.41) is 15.0. The Morgan fingerprint density at radius 1 is 1.06 bits per heavy atom. The number of nitriles is 1. The fourth-order valence-electron chi connectivity index (χ4n) is 3.64. The number of nitrogens with one attached hydrogen (secondary N) is 1. The third kappa shape index (κ3) is 5.66. The van der Waals surface area contributed by atoms with E-state index >= 15 is 0 Å². The molecule has 4 aromatic carbocycles. The number of anilines is 1. The van der Waals surface area contributed by atoms with Crippen LogP contribution in [-0.4, -0.2) is 13.0 Å². The number of ether oxygens (including phenoxy) is 2. The van der Waals surface area contributed by atoms with Gasteiger partial charge >= 0.3 is 0 Å². The maximum absolute atomic E-state index is 12.7. The van der Waals surface area contributed by atoms with Gasteiger partial charge < -0.3 is 14.8 Å². The minimum Gasteiger partial charge on any atom is -0.493 e. The van der Waals surface area contributed by atoms with Crippen molar-refractivity contribution in [2.45, 2.75) is 6.61 Å². The molecule has 0 aromatic heterocycles. The molecule has 0 fully saturated rings. The minimum atomic E-state index is -0.640. The largest absolute Gasteiger partial charge is 0.493 e. The van der Waals surface area contributed by atoms with Gasteiger partial charge in [0.2, 0.25) is 0 Å². The van der Waals surface area contributed by atoms with E-state index in [-0.39, 0.29) is 21.3 Å². The van der Waals surface area contributed by atoms with Crippen molar-refractivity contribution in [3.05, 3.63) is 104 Å². The summed E-state index contributed by atoms with van der Waals surface area (Å²) < 4.78 is 12.3. The van der Waals surface area contributed by atoms with E-state index in [1.54, 1.807) is 30.3 Å². The van der Waals surface area contributed by atoms with Gasteiger partial charge in [-0.3, -0.25) is 4.79 Å². The molecule has 0 aliphatic heterocycles. The van der Waals surface area contributed by atoms with Crippen LogP contribution in [0.3, 0.4) is 0 Å². The lowest BCUT2D eigenvalue weighted by Crippen LogP contribution is -2.14. The van der Waals surface area contributed by atoms with E-state index < -0.39 is 5.91 Å². The summed E-state index contributed by atoms with van der Waals surface area (Å²) in [5.74, 6) is 0.315. The smallest absolute Gasteiger partial charge is 0.266 e. The zero-order valence-electron chi connectivity index (χ0n) is 19.0. The molecular weight excluding hydrogens is 563 g/mol. The van der Waals surface area contributed by atoms with E-state index in [1.807, 2.05) is 30.3 Å². The standard InChI is InChI=1S/C28H19BrCl2N2O3/c1-35-25-14-17(12-20(15-32)28(34)33-26-23(30)10-5-11-24(26)31)13-22(29)27(25)36-16-19-8-4-7-18-6-2-3-9-21(18)19/h2-14H,16H2,1H3,(H,33,34)/b20-12+. The molecule has 0 unspecified atom stereocenters. The lowest BCUT2D eigenvalue weighted by molar-refractivity contribution is -0.112. The van der Waals surface area contributed by atoms with E-state index in [2.05, 4.69) is 39.4 Å². The summed E-state index contributed by atoms with van der Waals surface area (Å²) in [6.45, 7) is 0.329. The van der Waals surface area contributed by atoms with Gasteiger partial charge in [0.1, 0.15) is 18.2 Å².